The van der Waals surface area contributed by atoms with E-state index in [4.69, 9.17) is 4.74 Å². The highest BCUT2D eigenvalue weighted by molar-refractivity contribution is 7.19. The molecule has 3 rings (SSSR count). The van der Waals surface area contributed by atoms with E-state index in [0.717, 1.165) is 20.7 Å². The van der Waals surface area contributed by atoms with Crippen LogP contribution in [0.5, 0.6) is 17.2 Å². The standard InChI is InChI=1S/C15H12O3S/c16-11-3-5-13(6-4-11)18-9-14-7-10-1-2-12(17)8-15(10)19-14/h1-8,16-17H,9H2. The van der Waals surface area contributed by atoms with Gasteiger partial charge in [-0.1, -0.05) is 0 Å². The second kappa shape index (κ2) is 4.82. The maximum Gasteiger partial charge on any atom is 0.122 e. The summed E-state index contributed by atoms with van der Waals surface area (Å²) in [7, 11) is 0. The first kappa shape index (κ1) is 11.9. The Morgan fingerprint density at radius 1 is 0.895 bits per heavy atom. The number of phenolic OH excluding ortho intramolecular Hbond substituents is 2. The molecule has 1 heterocycles. The van der Waals surface area contributed by atoms with Crippen LogP contribution in [0.4, 0.5) is 0 Å². The molecule has 0 amide bonds. The number of aromatic hydroxyl groups is 2. The van der Waals surface area contributed by atoms with Gasteiger partial charge >= 0.3 is 0 Å². The number of ether oxygens (including phenoxy) is 1. The molecule has 0 unspecified atom stereocenters. The van der Waals surface area contributed by atoms with Gasteiger partial charge in [0, 0.05) is 9.58 Å². The van der Waals surface area contributed by atoms with E-state index < -0.39 is 0 Å². The number of fused-ring (bicyclic) bond motifs is 1. The lowest BCUT2D eigenvalue weighted by Gasteiger charge is -2.03. The highest BCUT2D eigenvalue weighted by Gasteiger charge is 2.03. The number of benzene rings is 2. The van der Waals surface area contributed by atoms with Gasteiger partial charge in [-0.3, -0.25) is 0 Å². The predicted molar refractivity (Wildman–Crippen MR) is 75.9 cm³/mol. The molecule has 0 aliphatic rings. The molecular weight excluding hydrogens is 260 g/mol. The van der Waals surface area contributed by atoms with E-state index in [9.17, 15) is 10.2 Å². The molecule has 1 aromatic heterocycles. The summed E-state index contributed by atoms with van der Waals surface area (Å²) in [6, 6.07) is 14.0. The molecule has 0 bridgehead atoms. The van der Waals surface area contributed by atoms with Gasteiger partial charge in [0.05, 0.1) is 0 Å². The van der Waals surface area contributed by atoms with Crippen LogP contribution in [0.3, 0.4) is 0 Å². The molecule has 4 heteroatoms. The van der Waals surface area contributed by atoms with Gasteiger partial charge in [0.1, 0.15) is 23.9 Å². The quantitative estimate of drug-likeness (QED) is 0.760. The zero-order valence-corrected chi connectivity index (χ0v) is 10.9. The molecule has 3 aromatic rings. The summed E-state index contributed by atoms with van der Waals surface area (Å²) >= 11 is 1.60. The van der Waals surface area contributed by atoms with E-state index >= 15 is 0 Å². The average Bonchev–Trinajstić information content (AvgIpc) is 2.80. The van der Waals surface area contributed by atoms with Gasteiger partial charge in [-0.05, 0) is 53.9 Å². The fourth-order valence-corrected chi connectivity index (χ4v) is 2.85. The van der Waals surface area contributed by atoms with Gasteiger partial charge in [-0.15, -0.1) is 11.3 Å². The average molecular weight is 272 g/mol. The lowest BCUT2D eigenvalue weighted by atomic mass is 10.2. The summed E-state index contributed by atoms with van der Waals surface area (Å²) in [5.41, 5.74) is 0. The van der Waals surface area contributed by atoms with E-state index in [-0.39, 0.29) is 11.5 Å². The minimum atomic E-state index is 0.227. The molecule has 0 radical (unpaired) electrons. The minimum Gasteiger partial charge on any atom is -0.508 e. The van der Waals surface area contributed by atoms with Crippen LogP contribution >= 0.6 is 11.3 Å². The van der Waals surface area contributed by atoms with Gasteiger partial charge in [0.25, 0.3) is 0 Å². The van der Waals surface area contributed by atoms with E-state index in [0.29, 0.717) is 6.61 Å². The Hall–Kier alpha value is -2.20. The highest BCUT2D eigenvalue weighted by Crippen LogP contribution is 2.29. The van der Waals surface area contributed by atoms with Crippen LogP contribution in [0.25, 0.3) is 10.1 Å². The zero-order chi connectivity index (χ0) is 13.2. The predicted octanol–water partition coefficient (Wildman–Crippen LogP) is 3.89. The van der Waals surface area contributed by atoms with E-state index in [2.05, 4.69) is 6.07 Å². The topological polar surface area (TPSA) is 49.7 Å². The van der Waals surface area contributed by atoms with Crippen molar-refractivity contribution in [2.45, 2.75) is 6.61 Å². The van der Waals surface area contributed by atoms with Crippen LogP contribution in [-0.4, -0.2) is 10.2 Å². The smallest absolute Gasteiger partial charge is 0.122 e. The Balaban J connectivity index is 1.76. The van der Waals surface area contributed by atoms with Crippen molar-refractivity contribution in [2.24, 2.45) is 0 Å². The van der Waals surface area contributed by atoms with Crippen molar-refractivity contribution in [3.63, 3.8) is 0 Å². The van der Waals surface area contributed by atoms with E-state index in [1.807, 2.05) is 6.07 Å². The third-order valence-corrected chi connectivity index (χ3v) is 3.84. The molecule has 2 N–H and O–H groups in total. The summed E-state index contributed by atoms with van der Waals surface area (Å²) in [4.78, 5) is 1.09. The third kappa shape index (κ3) is 2.63. The molecule has 0 saturated carbocycles. The van der Waals surface area contributed by atoms with Gasteiger partial charge in [0.2, 0.25) is 0 Å². The van der Waals surface area contributed by atoms with Crippen LogP contribution in [0.1, 0.15) is 4.88 Å². The molecule has 0 atom stereocenters. The lowest BCUT2D eigenvalue weighted by molar-refractivity contribution is 0.309. The van der Waals surface area contributed by atoms with Crippen molar-refractivity contribution in [1.82, 2.24) is 0 Å². The van der Waals surface area contributed by atoms with E-state index in [1.54, 1.807) is 47.7 Å². The monoisotopic (exact) mass is 272 g/mol. The maximum absolute atomic E-state index is 9.43. The molecular formula is C15H12O3S. The summed E-state index contributed by atoms with van der Waals surface area (Å²) < 4.78 is 6.69. The number of phenols is 2. The molecule has 0 saturated heterocycles. The molecule has 96 valence electrons. The molecule has 0 aliphatic carbocycles. The van der Waals surface area contributed by atoms with Crippen LogP contribution in [0.2, 0.25) is 0 Å². The van der Waals surface area contributed by atoms with Crippen LogP contribution in [-0.2, 0) is 6.61 Å². The van der Waals surface area contributed by atoms with Crippen molar-refractivity contribution < 1.29 is 14.9 Å². The summed E-state index contributed by atoms with van der Waals surface area (Å²) in [5, 5.41) is 19.7. The summed E-state index contributed by atoms with van der Waals surface area (Å²) in [5.74, 6) is 1.23. The van der Waals surface area contributed by atoms with Gasteiger partial charge < -0.3 is 14.9 Å². The number of thiophene rings is 1. The second-order valence-corrected chi connectivity index (χ2v) is 5.39. The minimum absolute atomic E-state index is 0.227. The Kier molecular flexibility index (Phi) is 3.01. The molecule has 0 aliphatic heterocycles. The zero-order valence-electron chi connectivity index (χ0n) is 10.0. The molecule has 2 aromatic carbocycles. The third-order valence-electron chi connectivity index (χ3n) is 2.77. The van der Waals surface area contributed by atoms with E-state index in [1.165, 1.54) is 0 Å². The van der Waals surface area contributed by atoms with Crippen molar-refractivity contribution in [3.05, 3.63) is 53.4 Å². The Morgan fingerprint density at radius 2 is 1.63 bits per heavy atom. The molecule has 0 spiro atoms. The largest absolute Gasteiger partial charge is 0.508 e. The first-order chi connectivity index (χ1) is 9.20. The van der Waals surface area contributed by atoms with Gasteiger partial charge in [0.15, 0.2) is 0 Å². The van der Waals surface area contributed by atoms with Crippen LogP contribution < -0.4 is 4.74 Å². The Morgan fingerprint density at radius 3 is 2.42 bits per heavy atom. The highest BCUT2D eigenvalue weighted by atomic mass is 32.1. The van der Waals surface area contributed by atoms with Crippen molar-refractivity contribution >= 4 is 21.4 Å². The van der Waals surface area contributed by atoms with Crippen LogP contribution in [0.15, 0.2) is 48.5 Å². The number of hydrogen-bond acceptors (Lipinski definition) is 4. The Bertz CT molecular complexity index is 701. The second-order valence-electron chi connectivity index (χ2n) is 4.22. The molecule has 0 fully saturated rings. The first-order valence-electron chi connectivity index (χ1n) is 5.84. The van der Waals surface area contributed by atoms with Gasteiger partial charge in [-0.2, -0.15) is 0 Å². The van der Waals surface area contributed by atoms with Crippen molar-refractivity contribution in [3.8, 4) is 17.2 Å². The molecule has 19 heavy (non-hydrogen) atoms. The summed E-state index contributed by atoms with van der Waals surface area (Å²) in [6.45, 7) is 0.477. The Labute approximate surface area is 114 Å². The molecule has 3 nitrogen and oxygen atoms in total. The van der Waals surface area contributed by atoms with Crippen molar-refractivity contribution in [1.29, 1.82) is 0 Å². The lowest BCUT2D eigenvalue weighted by Crippen LogP contribution is -1.91. The fraction of sp³-hybridized carbons (Fsp3) is 0.0667. The maximum atomic E-state index is 9.43. The fourth-order valence-electron chi connectivity index (χ4n) is 1.84. The summed E-state index contributed by atoms with van der Waals surface area (Å²) in [6.07, 6.45) is 0. The van der Waals surface area contributed by atoms with Crippen molar-refractivity contribution in [2.75, 3.05) is 0 Å². The SMILES string of the molecule is Oc1ccc(OCc2cc3ccc(O)cc3s2)cc1. The van der Waals surface area contributed by atoms with Crippen LogP contribution in [0, 0.1) is 0 Å². The van der Waals surface area contributed by atoms with Gasteiger partial charge in [-0.25, -0.2) is 0 Å². The first-order valence-corrected chi connectivity index (χ1v) is 6.66. The normalized spacial score (nSPS) is 10.7. The number of rotatable bonds is 3. The number of hydrogen-bond donors (Lipinski definition) is 2.